The molecule has 0 spiro atoms. The van der Waals surface area contributed by atoms with Gasteiger partial charge in [0.05, 0.1) is 19.3 Å². The number of carbonyl (C=O) groups excluding carboxylic acids is 1. The highest BCUT2D eigenvalue weighted by molar-refractivity contribution is 7.83. The lowest BCUT2D eigenvalue weighted by molar-refractivity contribution is -0.155. The third-order valence-electron chi connectivity index (χ3n) is 6.10. The Balaban J connectivity index is 1.66. The number of benzene rings is 2. The van der Waals surface area contributed by atoms with Gasteiger partial charge in [-0.1, -0.05) is 18.2 Å². The molecule has 2 aliphatic rings. The Kier molecular flexibility index (Phi) is 6.97. The summed E-state index contributed by atoms with van der Waals surface area (Å²) in [5.74, 6) is -3.24. The maximum absolute atomic E-state index is 15.4. The minimum atomic E-state index is -5.04. The number of likely N-dealkylation sites (tertiary alicyclic amines) is 1. The molecule has 2 heterocycles. The van der Waals surface area contributed by atoms with Crippen LogP contribution in [-0.2, 0) is 26.9 Å². The summed E-state index contributed by atoms with van der Waals surface area (Å²) in [5, 5.41) is 0. The van der Waals surface area contributed by atoms with Gasteiger partial charge in [0.15, 0.2) is 11.0 Å². The summed E-state index contributed by atoms with van der Waals surface area (Å²) in [4.78, 5) is 14.3. The number of amides is 1. The molecule has 3 unspecified atom stereocenters. The smallest absolute Gasteiger partial charge is 0.376 e. The van der Waals surface area contributed by atoms with Gasteiger partial charge in [-0.2, -0.15) is 13.2 Å². The molecule has 0 aromatic heterocycles. The number of nitrogens with zero attached hydrogens (tertiary/aromatic N) is 1. The van der Waals surface area contributed by atoms with Crippen molar-refractivity contribution < 1.29 is 40.1 Å². The van der Waals surface area contributed by atoms with E-state index in [1.807, 2.05) is 4.72 Å². The van der Waals surface area contributed by atoms with Crippen LogP contribution < -0.4 is 10.5 Å². The minimum absolute atomic E-state index is 0.00242. The summed E-state index contributed by atoms with van der Waals surface area (Å²) >= 11 is 0. The average molecular weight is 521 g/mol. The van der Waals surface area contributed by atoms with Crippen LogP contribution in [0.15, 0.2) is 36.4 Å². The SMILES string of the molecule is NC1(C(=O)N2CCC(NS(=O)C(F)(F)F)C2Cc2cccc(-c3cc(F)cc(F)c3)c2F)COC1. The second kappa shape index (κ2) is 9.52. The largest absolute Gasteiger partial charge is 0.485 e. The first kappa shape index (κ1) is 25.6. The van der Waals surface area contributed by atoms with Crippen molar-refractivity contribution in [2.24, 2.45) is 5.73 Å². The van der Waals surface area contributed by atoms with Gasteiger partial charge < -0.3 is 15.4 Å². The Morgan fingerprint density at radius 2 is 1.83 bits per heavy atom. The Morgan fingerprint density at radius 1 is 1.17 bits per heavy atom. The molecule has 1 amide bonds. The number of hydrogen-bond acceptors (Lipinski definition) is 4. The highest BCUT2D eigenvalue weighted by atomic mass is 32.2. The quantitative estimate of drug-likeness (QED) is 0.573. The van der Waals surface area contributed by atoms with Gasteiger partial charge in [0.25, 0.3) is 0 Å². The van der Waals surface area contributed by atoms with Crippen molar-refractivity contribution in [2.75, 3.05) is 19.8 Å². The maximum Gasteiger partial charge on any atom is 0.485 e. The first-order valence-corrected chi connectivity index (χ1v) is 11.7. The molecule has 35 heavy (non-hydrogen) atoms. The van der Waals surface area contributed by atoms with Crippen molar-refractivity contribution in [2.45, 2.75) is 36.0 Å². The van der Waals surface area contributed by atoms with Crippen LogP contribution in [0.1, 0.15) is 12.0 Å². The second-order valence-electron chi connectivity index (χ2n) is 8.58. The molecule has 0 saturated carbocycles. The van der Waals surface area contributed by atoms with Gasteiger partial charge in [0, 0.05) is 24.2 Å². The fourth-order valence-corrected chi connectivity index (χ4v) is 5.01. The van der Waals surface area contributed by atoms with Gasteiger partial charge in [-0.15, -0.1) is 0 Å². The van der Waals surface area contributed by atoms with Crippen molar-refractivity contribution in [3.8, 4) is 11.1 Å². The second-order valence-corrected chi connectivity index (χ2v) is 9.82. The van der Waals surface area contributed by atoms with Crippen LogP contribution in [0.5, 0.6) is 0 Å². The Hall–Kier alpha value is -2.48. The number of hydrogen-bond donors (Lipinski definition) is 2. The molecule has 2 fully saturated rings. The van der Waals surface area contributed by atoms with E-state index in [9.17, 15) is 31.0 Å². The molecule has 0 radical (unpaired) electrons. The summed E-state index contributed by atoms with van der Waals surface area (Å²) < 4.78 is 100. The molecule has 3 atom stereocenters. The molecule has 2 aromatic carbocycles. The van der Waals surface area contributed by atoms with Crippen molar-refractivity contribution in [3.05, 3.63) is 59.4 Å². The zero-order valence-corrected chi connectivity index (χ0v) is 18.9. The molecule has 3 N–H and O–H groups in total. The van der Waals surface area contributed by atoms with Gasteiger partial charge in [0.2, 0.25) is 5.91 Å². The predicted octanol–water partition coefficient (Wildman–Crippen LogP) is 2.78. The summed E-state index contributed by atoms with van der Waals surface area (Å²) in [5.41, 5.74) is -0.546. The van der Waals surface area contributed by atoms with Crippen LogP contribution >= 0.6 is 0 Å². The summed E-state index contributed by atoms with van der Waals surface area (Å²) in [6.45, 7) is -0.140. The van der Waals surface area contributed by atoms with E-state index < -0.39 is 57.5 Å². The van der Waals surface area contributed by atoms with Crippen molar-refractivity contribution in [3.63, 3.8) is 0 Å². The molecule has 190 valence electrons. The summed E-state index contributed by atoms with van der Waals surface area (Å²) in [6.07, 6.45) is -0.238. The van der Waals surface area contributed by atoms with E-state index in [4.69, 9.17) is 10.5 Å². The molecule has 4 rings (SSSR count). The van der Waals surface area contributed by atoms with Crippen molar-refractivity contribution >= 4 is 16.9 Å². The predicted molar refractivity (Wildman–Crippen MR) is 114 cm³/mol. The third kappa shape index (κ3) is 5.22. The van der Waals surface area contributed by atoms with Crippen LogP contribution in [-0.4, -0.2) is 57.9 Å². The molecule has 13 heteroatoms. The fourth-order valence-electron chi connectivity index (χ4n) is 4.33. The summed E-state index contributed by atoms with van der Waals surface area (Å²) in [6, 6.07) is 4.52. The van der Waals surface area contributed by atoms with Gasteiger partial charge in [0.1, 0.15) is 23.0 Å². The molecule has 6 nitrogen and oxygen atoms in total. The number of carbonyl (C=O) groups is 1. The zero-order valence-electron chi connectivity index (χ0n) is 18.1. The van der Waals surface area contributed by atoms with Crippen molar-refractivity contribution in [1.82, 2.24) is 9.62 Å². The molecular weight excluding hydrogens is 500 g/mol. The van der Waals surface area contributed by atoms with E-state index in [-0.39, 0.29) is 49.3 Å². The monoisotopic (exact) mass is 521 g/mol. The maximum atomic E-state index is 15.4. The van der Waals surface area contributed by atoms with E-state index in [2.05, 4.69) is 0 Å². The molecule has 0 aliphatic carbocycles. The fraction of sp³-hybridized carbons (Fsp3) is 0.409. The van der Waals surface area contributed by atoms with Crippen LogP contribution in [0.25, 0.3) is 11.1 Å². The number of ether oxygens (including phenoxy) is 1. The molecule has 2 saturated heterocycles. The average Bonchev–Trinajstić information content (AvgIpc) is 3.13. The topological polar surface area (TPSA) is 84.7 Å². The lowest BCUT2D eigenvalue weighted by Crippen LogP contribution is -2.68. The highest BCUT2D eigenvalue weighted by Crippen LogP contribution is 2.32. The third-order valence-corrected chi connectivity index (χ3v) is 7.04. The zero-order chi connectivity index (χ0) is 25.5. The van der Waals surface area contributed by atoms with Crippen LogP contribution in [0, 0.1) is 17.5 Å². The van der Waals surface area contributed by atoms with Crippen molar-refractivity contribution in [1.29, 1.82) is 0 Å². The molecule has 2 aromatic rings. The standard InChI is InChI=1S/C22H21F6N3O3S/c23-14-6-13(7-15(24)9-14)16-3-1-2-12(19(16)25)8-18-17(30-35(33)22(26,27)28)4-5-31(18)20(32)21(29)10-34-11-21/h1-3,6-7,9,17-18,30H,4-5,8,10-11,29H2. The van der Waals surface area contributed by atoms with E-state index in [0.717, 1.165) is 12.1 Å². The first-order valence-electron chi connectivity index (χ1n) is 10.6. The lowest BCUT2D eigenvalue weighted by Gasteiger charge is -2.41. The minimum Gasteiger partial charge on any atom is -0.376 e. The van der Waals surface area contributed by atoms with Gasteiger partial charge >= 0.3 is 5.51 Å². The number of nitrogens with one attached hydrogen (secondary N) is 1. The van der Waals surface area contributed by atoms with Crippen LogP contribution in [0.2, 0.25) is 0 Å². The normalized spacial score (nSPS) is 22.7. The number of nitrogens with two attached hydrogens (primary N) is 1. The van der Waals surface area contributed by atoms with E-state index in [0.29, 0.717) is 6.07 Å². The van der Waals surface area contributed by atoms with Gasteiger partial charge in [-0.05, 0) is 36.1 Å². The lowest BCUT2D eigenvalue weighted by atomic mass is 9.93. The van der Waals surface area contributed by atoms with E-state index in [1.54, 1.807) is 0 Å². The molecular formula is C22H21F6N3O3S. The molecule has 0 bridgehead atoms. The Labute approximate surface area is 199 Å². The van der Waals surface area contributed by atoms with E-state index in [1.165, 1.54) is 23.1 Å². The number of halogens is 6. The first-order chi connectivity index (χ1) is 16.4. The number of alkyl halides is 3. The van der Waals surface area contributed by atoms with Gasteiger partial charge in [-0.25, -0.2) is 22.1 Å². The summed E-state index contributed by atoms with van der Waals surface area (Å²) in [7, 11) is -3.41. The number of rotatable bonds is 6. The van der Waals surface area contributed by atoms with Gasteiger partial charge in [-0.3, -0.25) is 4.79 Å². The van der Waals surface area contributed by atoms with Crippen LogP contribution in [0.4, 0.5) is 26.3 Å². The Morgan fingerprint density at radius 3 is 2.40 bits per heavy atom. The highest BCUT2D eigenvalue weighted by Gasteiger charge is 2.50. The van der Waals surface area contributed by atoms with Crippen LogP contribution in [0.3, 0.4) is 0 Å². The Bertz CT molecular complexity index is 1140. The van der Waals surface area contributed by atoms with E-state index >= 15 is 4.39 Å². The molecule has 2 aliphatic heterocycles.